The molecule has 8 nitrogen and oxygen atoms in total. The van der Waals surface area contributed by atoms with E-state index in [0.29, 0.717) is 18.4 Å². The smallest absolute Gasteiger partial charge is 0.305 e. The maximum atomic E-state index is 11.7. The molecule has 154 valence electrons. The molecule has 4 rings (SSSR count). The van der Waals surface area contributed by atoms with E-state index in [1.165, 1.54) is 0 Å². The van der Waals surface area contributed by atoms with Crippen molar-refractivity contribution in [1.29, 1.82) is 0 Å². The fourth-order valence-corrected chi connectivity index (χ4v) is 3.95. The average Bonchev–Trinajstić information content (AvgIpc) is 3.39. The number of aliphatic carboxylic acids is 1. The van der Waals surface area contributed by atoms with Crippen molar-refractivity contribution in [3.63, 3.8) is 0 Å². The summed E-state index contributed by atoms with van der Waals surface area (Å²) >= 11 is 1.07. The molecule has 2 aliphatic rings. The molecule has 9 heteroatoms. The van der Waals surface area contributed by atoms with Crippen molar-refractivity contribution in [1.82, 2.24) is 5.32 Å². The van der Waals surface area contributed by atoms with E-state index in [2.05, 4.69) is 15.5 Å². The Balaban J connectivity index is 1.37. The van der Waals surface area contributed by atoms with Crippen LogP contribution in [0.25, 0.3) is 11.1 Å². The van der Waals surface area contributed by atoms with Crippen LogP contribution in [0.15, 0.2) is 58.7 Å². The van der Waals surface area contributed by atoms with Gasteiger partial charge in [0.2, 0.25) is 5.91 Å². The van der Waals surface area contributed by atoms with Gasteiger partial charge in [0.25, 0.3) is 0 Å². The molecule has 2 aromatic carbocycles. The van der Waals surface area contributed by atoms with Crippen LogP contribution in [0.2, 0.25) is 0 Å². The van der Waals surface area contributed by atoms with Gasteiger partial charge in [-0.1, -0.05) is 60.3 Å². The third-order valence-corrected chi connectivity index (χ3v) is 5.61. The predicted octanol–water partition coefficient (Wildman–Crippen LogP) is 2.80. The molecular weight excluding hydrogens is 406 g/mol. The first-order valence-corrected chi connectivity index (χ1v) is 10.2. The number of ether oxygens (including phenoxy) is 2. The van der Waals surface area contributed by atoms with Crippen LogP contribution in [0.4, 0.5) is 0 Å². The molecule has 1 amide bonds. The maximum absolute atomic E-state index is 11.7. The van der Waals surface area contributed by atoms with Crippen molar-refractivity contribution < 1.29 is 24.2 Å². The average molecular weight is 425 g/mol. The Labute approximate surface area is 177 Å². The minimum atomic E-state index is -1.03. The van der Waals surface area contributed by atoms with Crippen molar-refractivity contribution in [3.8, 4) is 11.1 Å². The van der Waals surface area contributed by atoms with Crippen LogP contribution in [0.1, 0.15) is 23.8 Å². The molecule has 0 bridgehead atoms. The molecule has 0 aromatic heterocycles. The zero-order valence-corrected chi connectivity index (χ0v) is 16.7. The van der Waals surface area contributed by atoms with Crippen LogP contribution in [0.5, 0.6) is 0 Å². The fourth-order valence-electron chi connectivity index (χ4n) is 3.04. The highest BCUT2D eigenvalue weighted by Crippen LogP contribution is 2.27. The van der Waals surface area contributed by atoms with E-state index in [1.54, 1.807) is 6.21 Å². The summed E-state index contributed by atoms with van der Waals surface area (Å²) in [6.45, 7) is 1.24. The molecule has 0 radical (unpaired) electrons. The van der Waals surface area contributed by atoms with Crippen molar-refractivity contribution in [2.75, 3.05) is 13.2 Å². The summed E-state index contributed by atoms with van der Waals surface area (Å²) in [5, 5.41) is 18.9. The maximum Gasteiger partial charge on any atom is 0.305 e. The van der Waals surface area contributed by atoms with Crippen molar-refractivity contribution in [2.24, 2.45) is 10.2 Å². The van der Waals surface area contributed by atoms with E-state index < -0.39 is 11.2 Å². The van der Waals surface area contributed by atoms with Gasteiger partial charge < -0.3 is 19.9 Å². The Bertz CT molecular complexity index is 983. The monoisotopic (exact) mass is 425 g/mol. The number of rotatable bonds is 6. The highest BCUT2D eigenvalue weighted by molar-refractivity contribution is 8.15. The van der Waals surface area contributed by atoms with Gasteiger partial charge in [-0.3, -0.25) is 9.59 Å². The van der Waals surface area contributed by atoms with E-state index in [1.807, 2.05) is 48.5 Å². The Morgan fingerprint density at radius 3 is 2.37 bits per heavy atom. The molecule has 1 unspecified atom stereocenters. The van der Waals surface area contributed by atoms with E-state index in [0.717, 1.165) is 34.0 Å². The Morgan fingerprint density at radius 2 is 1.73 bits per heavy atom. The van der Waals surface area contributed by atoms with Gasteiger partial charge in [-0.05, 0) is 16.7 Å². The molecular formula is C21H19N3O5S. The number of carbonyl (C=O) groups is 2. The summed E-state index contributed by atoms with van der Waals surface area (Å²) in [5.41, 5.74) is 3.99. The summed E-state index contributed by atoms with van der Waals surface area (Å²) in [6.07, 6.45) is 1.05. The molecule has 2 fully saturated rings. The minimum Gasteiger partial charge on any atom is -0.481 e. The second-order valence-electron chi connectivity index (χ2n) is 6.66. The fraction of sp³-hybridized carbons (Fsp3) is 0.238. The second-order valence-corrected chi connectivity index (χ2v) is 7.85. The van der Waals surface area contributed by atoms with E-state index in [9.17, 15) is 9.59 Å². The van der Waals surface area contributed by atoms with E-state index >= 15 is 0 Å². The van der Waals surface area contributed by atoms with Crippen molar-refractivity contribution in [2.45, 2.75) is 18.0 Å². The lowest BCUT2D eigenvalue weighted by Gasteiger charge is -2.10. The zero-order chi connectivity index (χ0) is 20.9. The van der Waals surface area contributed by atoms with Gasteiger partial charge in [-0.15, -0.1) is 5.10 Å². The largest absolute Gasteiger partial charge is 0.481 e. The van der Waals surface area contributed by atoms with Gasteiger partial charge >= 0.3 is 5.97 Å². The van der Waals surface area contributed by atoms with Gasteiger partial charge in [-0.25, -0.2) is 0 Å². The number of carboxylic acids is 1. The van der Waals surface area contributed by atoms with Crippen LogP contribution < -0.4 is 5.32 Å². The Morgan fingerprint density at radius 1 is 1.10 bits per heavy atom. The number of nitrogens with one attached hydrogen (secondary N) is 1. The highest BCUT2D eigenvalue weighted by atomic mass is 32.2. The first-order chi connectivity index (χ1) is 14.6. The number of hydrogen-bond acceptors (Lipinski definition) is 7. The van der Waals surface area contributed by atoms with Crippen molar-refractivity contribution >= 4 is 35.0 Å². The Kier molecular flexibility index (Phi) is 6.22. The summed E-state index contributed by atoms with van der Waals surface area (Å²) in [5.74, 6) is -1.39. The molecule has 0 aliphatic carbocycles. The lowest BCUT2D eigenvalue weighted by molar-refractivity contribution is -0.138. The number of carboxylic acid groups (broad SMARTS) is 1. The highest BCUT2D eigenvalue weighted by Gasteiger charge is 2.32. The van der Waals surface area contributed by atoms with E-state index in [-0.39, 0.29) is 18.6 Å². The zero-order valence-electron chi connectivity index (χ0n) is 15.9. The summed E-state index contributed by atoms with van der Waals surface area (Å²) in [6, 6.07) is 15.9. The quantitative estimate of drug-likeness (QED) is 0.544. The van der Waals surface area contributed by atoms with Crippen LogP contribution in [0.3, 0.4) is 0 Å². The molecule has 2 aromatic rings. The van der Waals surface area contributed by atoms with Crippen LogP contribution >= 0.6 is 11.8 Å². The molecule has 30 heavy (non-hydrogen) atoms. The van der Waals surface area contributed by atoms with Gasteiger partial charge in [0.05, 0.1) is 25.8 Å². The topological polar surface area (TPSA) is 110 Å². The van der Waals surface area contributed by atoms with Crippen molar-refractivity contribution in [3.05, 3.63) is 59.7 Å². The molecule has 0 spiro atoms. The third kappa shape index (κ3) is 4.93. The SMILES string of the molecule is O=C(O)CC1SC(=NN=Cc2ccc(-c3ccc(C4OCCO4)cc3)cc2)NC1=O. The summed E-state index contributed by atoms with van der Waals surface area (Å²) in [7, 11) is 0. The third-order valence-electron chi connectivity index (χ3n) is 4.54. The number of hydrogen-bond donors (Lipinski definition) is 2. The van der Waals surface area contributed by atoms with Crippen LogP contribution in [-0.4, -0.2) is 46.8 Å². The number of carbonyl (C=O) groups excluding carboxylic acids is 1. The number of amidine groups is 1. The second kappa shape index (κ2) is 9.21. The molecule has 0 saturated carbocycles. The molecule has 2 aliphatic heterocycles. The number of nitrogens with zero attached hydrogens (tertiary/aromatic N) is 2. The minimum absolute atomic E-state index is 0.248. The Hall–Kier alpha value is -3.01. The molecule has 2 saturated heterocycles. The van der Waals surface area contributed by atoms with Gasteiger partial charge in [-0.2, -0.15) is 5.10 Å². The van der Waals surface area contributed by atoms with Gasteiger partial charge in [0.1, 0.15) is 5.25 Å². The lowest BCUT2D eigenvalue weighted by atomic mass is 10.0. The summed E-state index contributed by atoms with van der Waals surface area (Å²) in [4.78, 5) is 22.4. The van der Waals surface area contributed by atoms with Gasteiger partial charge in [0.15, 0.2) is 11.5 Å². The first kappa shape index (κ1) is 20.3. The molecule has 1 atom stereocenters. The van der Waals surface area contributed by atoms with Crippen LogP contribution in [-0.2, 0) is 19.1 Å². The number of benzene rings is 2. The standard InChI is InChI=1S/C21H19N3O5S/c25-18(26)11-17-19(27)23-21(30-17)24-22-12-13-1-3-14(4-2-13)15-5-7-16(8-6-15)20-28-9-10-29-20/h1-8,12,17,20H,9-11H2,(H,25,26)(H,23,24,27). The number of amides is 1. The first-order valence-electron chi connectivity index (χ1n) is 9.32. The number of thioether (sulfide) groups is 1. The predicted molar refractivity (Wildman–Crippen MR) is 113 cm³/mol. The van der Waals surface area contributed by atoms with Crippen LogP contribution in [0, 0.1) is 0 Å². The lowest BCUT2D eigenvalue weighted by Crippen LogP contribution is -2.26. The normalized spacial score (nSPS) is 20.9. The van der Waals surface area contributed by atoms with Gasteiger partial charge in [0, 0.05) is 5.56 Å². The summed E-state index contributed by atoms with van der Waals surface area (Å²) < 4.78 is 11.0. The molecule has 2 N–H and O–H groups in total. The molecule has 2 heterocycles. The van der Waals surface area contributed by atoms with E-state index in [4.69, 9.17) is 14.6 Å².